The number of nitrogens with one attached hydrogen (secondary N) is 1. The Morgan fingerprint density at radius 2 is 1.94 bits per heavy atom. The third-order valence-corrected chi connectivity index (χ3v) is 4.68. The van der Waals surface area contributed by atoms with Crippen LogP contribution >= 0.6 is 0 Å². The quantitative estimate of drug-likeness (QED) is 0.897. The molecule has 1 saturated carbocycles. The van der Waals surface area contributed by atoms with Crippen LogP contribution in [0.25, 0.3) is 0 Å². The molecule has 94 valence electrons. The van der Waals surface area contributed by atoms with E-state index in [-0.39, 0.29) is 0 Å². The van der Waals surface area contributed by atoms with E-state index >= 15 is 0 Å². The first-order valence-electron chi connectivity index (χ1n) is 6.04. The van der Waals surface area contributed by atoms with Crippen LogP contribution in [0.3, 0.4) is 0 Å². The highest BCUT2D eigenvalue weighted by atomic mass is 32.2. The standard InChI is InChI=1S/C13H19NO2S/c1-10(11-6-5-7-11)14-12-8-3-4-9-13(12)17(2,15)16/h3-4,8-11,14H,5-7H2,1-2H3. The molecule has 0 radical (unpaired) electrons. The van der Waals surface area contributed by atoms with Gasteiger partial charge in [-0.2, -0.15) is 0 Å². The maximum absolute atomic E-state index is 11.6. The van der Waals surface area contributed by atoms with Crippen LogP contribution in [0.5, 0.6) is 0 Å². The molecular formula is C13H19NO2S. The normalized spacial score (nSPS) is 18.5. The number of sulfone groups is 1. The van der Waals surface area contributed by atoms with Crippen LogP contribution in [0.1, 0.15) is 26.2 Å². The molecule has 1 N–H and O–H groups in total. The third kappa shape index (κ3) is 2.80. The molecule has 0 spiro atoms. The molecule has 4 heteroatoms. The highest BCUT2D eigenvalue weighted by molar-refractivity contribution is 7.90. The number of para-hydroxylation sites is 1. The van der Waals surface area contributed by atoms with Crippen molar-refractivity contribution in [1.29, 1.82) is 0 Å². The first-order chi connectivity index (χ1) is 7.98. The molecule has 0 heterocycles. The molecular weight excluding hydrogens is 234 g/mol. The van der Waals surface area contributed by atoms with Crippen molar-refractivity contribution < 1.29 is 8.42 Å². The summed E-state index contributed by atoms with van der Waals surface area (Å²) in [6, 6.07) is 7.46. The van der Waals surface area contributed by atoms with Crippen molar-refractivity contribution in [2.75, 3.05) is 11.6 Å². The summed E-state index contributed by atoms with van der Waals surface area (Å²) in [7, 11) is -3.16. The fourth-order valence-corrected chi connectivity index (χ4v) is 3.06. The fourth-order valence-electron chi connectivity index (χ4n) is 2.21. The molecule has 17 heavy (non-hydrogen) atoms. The predicted octanol–water partition coefficient (Wildman–Crippen LogP) is 2.69. The van der Waals surface area contributed by atoms with Crippen LogP contribution in [0, 0.1) is 5.92 Å². The van der Waals surface area contributed by atoms with Crippen LogP contribution in [0.15, 0.2) is 29.2 Å². The van der Waals surface area contributed by atoms with Gasteiger partial charge in [0.2, 0.25) is 0 Å². The summed E-state index contributed by atoms with van der Waals surface area (Å²) in [6.07, 6.45) is 5.04. The molecule has 1 aromatic rings. The lowest BCUT2D eigenvalue weighted by Gasteiger charge is -2.32. The summed E-state index contributed by atoms with van der Waals surface area (Å²) in [5, 5.41) is 3.34. The molecule has 0 saturated heterocycles. The summed E-state index contributed by atoms with van der Waals surface area (Å²) < 4.78 is 23.3. The molecule has 0 aromatic heterocycles. The third-order valence-electron chi connectivity index (χ3n) is 3.53. The summed E-state index contributed by atoms with van der Waals surface area (Å²) in [4.78, 5) is 0.395. The molecule has 0 bridgehead atoms. The van der Waals surface area contributed by atoms with Gasteiger partial charge < -0.3 is 5.32 Å². The average Bonchev–Trinajstić information content (AvgIpc) is 2.13. The number of hydrogen-bond acceptors (Lipinski definition) is 3. The molecule has 0 amide bonds. The zero-order valence-electron chi connectivity index (χ0n) is 10.3. The maximum atomic E-state index is 11.6. The minimum atomic E-state index is -3.16. The first-order valence-corrected chi connectivity index (χ1v) is 7.93. The summed E-state index contributed by atoms with van der Waals surface area (Å²) in [6.45, 7) is 2.13. The smallest absolute Gasteiger partial charge is 0.177 e. The van der Waals surface area contributed by atoms with Gasteiger partial charge >= 0.3 is 0 Å². The van der Waals surface area contributed by atoms with Gasteiger partial charge in [-0.1, -0.05) is 18.6 Å². The largest absolute Gasteiger partial charge is 0.381 e. The van der Waals surface area contributed by atoms with Gasteiger partial charge in [-0.05, 0) is 37.8 Å². The van der Waals surface area contributed by atoms with Crippen molar-refractivity contribution in [3.05, 3.63) is 24.3 Å². The summed E-state index contributed by atoms with van der Waals surface area (Å²) in [5.74, 6) is 0.683. The molecule has 1 atom stereocenters. The van der Waals surface area contributed by atoms with Gasteiger partial charge in [0.1, 0.15) is 0 Å². The van der Waals surface area contributed by atoms with Gasteiger partial charge in [-0.25, -0.2) is 8.42 Å². The van der Waals surface area contributed by atoms with E-state index in [4.69, 9.17) is 0 Å². The van der Waals surface area contributed by atoms with Crippen LogP contribution in [-0.4, -0.2) is 20.7 Å². The van der Waals surface area contributed by atoms with Gasteiger partial charge in [-0.3, -0.25) is 0 Å². The highest BCUT2D eigenvalue weighted by Gasteiger charge is 2.24. The van der Waals surface area contributed by atoms with E-state index < -0.39 is 9.84 Å². The minimum Gasteiger partial charge on any atom is -0.381 e. The first kappa shape index (κ1) is 12.4. The second-order valence-corrected chi connectivity index (χ2v) is 6.88. The molecule has 1 aliphatic rings. The lowest BCUT2D eigenvalue weighted by atomic mass is 9.80. The monoisotopic (exact) mass is 253 g/mol. The second-order valence-electron chi connectivity index (χ2n) is 4.89. The van der Waals surface area contributed by atoms with Crippen molar-refractivity contribution in [3.63, 3.8) is 0 Å². The van der Waals surface area contributed by atoms with Gasteiger partial charge in [0, 0.05) is 12.3 Å². The van der Waals surface area contributed by atoms with Crippen molar-refractivity contribution in [2.24, 2.45) is 5.92 Å². The maximum Gasteiger partial charge on any atom is 0.177 e. The van der Waals surface area contributed by atoms with E-state index in [2.05, 4.69) is 12.2 Å². The van der Waals surface area contributed by atoms with Crippen LogP contribution < -0.4 is 5.32 Å². The van der Waals surface area contributed by atoms with Gasteiger partial charge in [0.25, 0.3) is 0 Å². The zero-order valence-corrected chi connectivity index (χ0v) is 11.1. The minimum absolute atomic E-state index is 0.339. The molecule has 1 fully saturated rings. The predicted molar refractivity (Wildman–Crippen MR) is 70.0 cm³/mol. The average molecular weight is 253 g/mol. The van der Waals surface area contributed by atoms with Crippen molar-refractivity contribution in [3.8, 4) is 0 Å². The van der Waals surface area contributed by atoms with E-state index in [0.29, 0.717) is 16.9 Å². The Morgan fingerprint density at radius 1 is 1.29 bits per heavy atom. The van der Waals surface area contributed by atoms with E-state index in [1.54, 1.807) is 12.1 Å². The second kappa shape index (κ2) is 4.69. The topological polar surface area (TPSA) is 46.2 Å². The van der Waals surface area contributed by atoms with Crippen molar-refractivity contribution in [1.82, 2.24) is 0 Å². The molecule has 1 aromatic carbocycles. The lowest BCUT2D eigenvalue weighted by molar-refractivity contribution is 0.285. The molecule has 1 aliphatic carbocycles. The van der Waals surface area contributed by atoms with Crippen LogP contribution in [-0.2, 0) is 9.84 Å². The Kier molecular flexibility index (Phi) is 3.43. The van der Waals surface area contributed by atoms with Gasteiger partial charge in [0.15, 0.2) is 9.84 Å². The van der Waals surface area contributed by atoms with Gasteiger partial charge in [-0.15, -0.1) is 0 Å². The van der Waals surface area contributed by atoms with E-state index in [1.165, 1.54) is 25.5 Å². The zero-order chi connectivity index (χ0) is 12.5. The van der Waals surface area contributed by atoms with Gasteiger partial charge in [0.05, 0.1) is 10.6 Å². The highest BCUT2D eigenvalue weighted by Crippen LogP contribution is 2.32. The van der Waals surface area contributed by atoms with E-state index in [9.17, 15) is 8.42 Å². The number of hydrogen-bond donors (Lipinski definition) is 1. The lowest BCUT2D eigenvalue weighted by Crippen LogP contribution is -2.31. The number of benzene rings is 1. The SMILES string of the molecule is CC(Nc1ccccc1S(C)(=O)=O)C1CCC1. The number of rotatable bonds is 4. The molecule has 2 rings (SSSR count). The number of anilines is 1. The van der Waals surface area contributed by atoms with Crippen molar-refractivity contribution in [2.45, 2.75) is 37.1 Å². The molecule has 3 nitrogen and oxygen atoms in total. The Bertz CT molecular complexity index is 492. The summed E-state index contributed by atoms with van der Waals surface area (Å²) in [5.41, 5.74) is 0.731. The Labute approximate surface area is 103 Å². The molecule has 0 aliphatic heterocycles. The Balaban J connectivity index is 2.20. The fraction of sp³-hybridized carbons (Fsp3) is 0.538. The summed E-state index contributed by atoms with van der Waals surface area (Å²) >= 11 is 0. The molecule has 1 unspecified atom stereocenters. The Morgan fingerprint density at radius 3 is 2.47 bits per heavy atom. The van der Waals surface area contributed by atoms with Crippen LogP contribution in [0.2, 0.25) is 0 Å². The van der Waals surface area contributed by atoms with Crippen molar-refractivity contribution >= 4 is 15.5 Å². The Hall–Kier alpha value is -1.03. The van der Waals surface area contributed by atoms with E-state index in [0.717, 1.165) is 5.69 Å². The van der Waals surface area contributed by atoms with E-state index in [1.807, 2.05) is 12.1 Å². The van der Waals surface area contributed by atoms with Crippen LogP contribution in [0.4, 0.5) is 5.69 Å².